The minimum absolute atomic E-state index is 0.353. The maximum Gasteiger partial charge on any atom is 0.308 e. The lowest BCUT2D eigenvalue weighted by atomic mass is 10.1. The van der Waals surface area contributed by atoms with Crippen molar-refractivity contribution in [2.24, 2.45) is 0 Å². The molecule has 96 valence electrons. The number of hydrogen-bond acceptors (Lipinski definition) is 3. The third kappa shape index (κ3) is 2.71. The van der Waals surface area contributed by atoms with Crippen molar-refractivity contribution in [3.05, 3.63) is 30.0 Å². The number of ether oxygens (including phenoxy) is 1. The Labute approximate surface area is 108 Å². The van der Waals surface area contributed by atoms with Gasteiger partial charge in [-0.15, -0.1) is 0 Å². The highest BCUT2D eigenvalue weighted by Crippen LogP contribution is 2.29. The van der Waals surface area contributed by atoms with E-state index < -0.39 is 0 Å². The number of carbonyl (C=O) groups is 1. The van der Waals surface area contributed by atoms with E-state index in [-0.39, 0.29) is 12.4 Å². The topological polar surface area (TPSA) is 45.3 Å². The van der Waals surface area contributed by atoms with Crippen LogP contribution in [0.1, 0.15) is 13.9 Å². The molecule has 1 atom stereocenters. The summed E-state index contributed by atoms with van der Waals surface area (Å²) in [7, 11) is 3.87. The van der Waals surface area contributed by atoms with E-state index in [2.05, 4.69) is 4.98 Å². The quantitative estimate of drug-likeness (QED) is 0.665. The summed E-state index contributed by atoms with van der Waals surface area (Å²) in [6.07, 6.45) is 1.43. The van der Waals surface area contributed by atoms with Gasteiger partial charge in [-0.25, -0.2) is 0 Å². The Hall–Kier alpha value is -1.81. The first kappa shape index (κ1) is 11.3. The Bertz CT molecular complexity index is 592. The van der Waals surface area contributed by atoms with Crippen LogP contribution in [0.25, 0.3) is 10.9 Å². The Balaban J connectivity index is 2.47. The molecule has 4 heteroatoms. The molecule has 1 N–H and O–H groups in total. The van der Waals surface area contributed by atoms with E-state index in [9.17, 15) is 4.79 Å². The average molecular weight is 247 g/mol. The summed E-state index contributed by atoms with van der Waals surface area (Å²) >= 11 is 0. The SMILES string of the molecule is [2H]C(CN(C)C)c1c[nH]c2cccc(OC(C)=O)c12. The molecule has 2 aromatic rings. The summed E-state index contributed by atoms with van der Waals surface area (Å²) in [5.74, 6) is 0.158. The third-order valence-electron chi connectivity index (χ3n) is 2.63. The van der Waals surface area contributed by atoms with Gasteiger partial charge in [0.25, 0.3) is 0 Å². The van der Waals surface area contributed by atoms with E-state index in [1.54, 1.807) is 6.07 Å². The Morgan fingerprint density at radius 3 is 2.94 bits per heavy atom. The van der Waals surface area contributed by atoms with Crippen molar-refractivity contribution in [3.63, 3.8) is 0 Å². The van der Waals surface area contributed by atoms with Crippen molar-refractivity contribution in [3.8, 4) is 5.75 Å². The lowest BCUT2D eigenvalue weighted by Crippen LogP contribution is -2.15. The molecule has 0 aliphatic carbocycles. The molecule has 4 nitrogen and oxygen atoms in total. The van der Waals surface area contributed by atoms with Crippen molar-refractivity contribution in [2.45, 2.75) is 13.3 Å². The summed E-state index contributed by atoms with van der Waals surface area (Å²) in [6.45, 7) is 1.99. The number of esters is 1. The van der Waals surface area contributed by atoms with Crippen LogP contribution in [0, 0.1) is 0 Å². The number of nitrogens with one attached hydrogen (secondary N) is 1. The molecule has 0 aliphatic rings. The van der Waals surface area contributed by atoms with Crippen molar-refractivity contribution in [2.75, 3.05) is 20.6 Å². The second-order valence-corrected chi connectivity index (χ2v) is 4.48. The molecule has 1 heterocycles. The summed E-state index contributed by atoms with van der Waals surface area (Å²) in [6, 6.07) is 5.49. The fourth-order valence-corrected chi connectivity index (χ4v) is 1.86. The van der Waals surface area contributed by atoms with Gasteiger partial charge in [-0.1, -0.05) is 6.07 Å². The van der Waals surface area contributed by atoms with E-state index in [0.29, 0.717) is 12.3 Å². The molecule has 1 unspecified atom stereocenters. The van der Waals surface area contributed by atoms with Gasteiger partial charge < -0.3 is 14.6 Å². The molecule has 0 saturated heterocycles. The second kappa shape index (κ2) is 5.23. The Morgan fingerprint density at radius 1 is 1.50 bits per heavy atom. The number of carbonyl (C=O) groups excluding carboxylic acids is 1. The van der Waals surface area contributed by atoms with E-state index >= 15 is 0 Å². The summed E-state index contributed by atoms with van der Waals surface area (Å²) in [5, 5.41) is 0.819. The van der Waals surface area contributed by atoms with E-state index in [1.165, 1.54) is 6.92 Å². The van der Waals surface area contributed by atoms with Crippen LogP contribution in [-0.4, -0.2) is 36.5 Å². The number of nitrogens with zero attached hydrogens (tertiary/aromatic N) is 1. The molecule has 0 saturated carbocycles. The monoisotopic (exact) mass is 247 g/mol. The molecule has 0 radical (unpaired) electrons. The molecule has 1 aromatic heterocycles. The standard InChI is InChI=1S/C14H18N2O2/c1-10(17)18-13-6-4-5-12-14(13)11(9-15-12)7-8-16(2)3/h4-6,9,15H,7-8H2,1-3H3/i7D. The van der Waals surface area contributed by atoms with Crippen molar-refractivity contribution >= 4 is 16.9 Å². The minimum atomic E-state index is -0.388. The van der Waals surface area contributed by atoms with Crippen LogP contribution in [-0.2, 0) is 11.2 Å². The maximum absolute atomic E-state index is 11.2. The maximum atomic E-state index is 11.2. The van der Waals surface area contributed by atoms with Crippen molar-refractivity contribution in [1.82, 2.24) is 9.88 Å². The Kier molecular flexibility index (Phi) is 3.28. The second-order valence-electron chi connectivity index (χ2n) is 4.48. The average Bonchev–Trinajstić information content (AvgIpc) is 2.72. The number of likely N-dealkylation sites (N-methyl/N-ethyl adjacent to an activating group) is 1. The number of fused-ring (bicyclic) bond motifs is 1. The van der Waals surface area contributed by atoms with Gasteiger partial charge in [-0.3, -0.25) is 4.79 Å². The number of aromatic nitrogens is 1. The number of rotatable bonds is 4. The molecule has 0 spiro atoms. The lowest BCUT2D eigenvalue weighted by molar-refractivity contribution is -0.131. The predicted molar refractivity (Wildman–Crippen MR) is 71.9 cm³/mol. The van der Waals surface area contributed by atoms with Gasteiger partial charge in [0.1, 0.15) is 5.75 Å². The highest BCUT2D eigenvalue weighted by molar-refractivity contribution is 5.91. The predicted octanol–water partition coefficient (Wildman–Crippen LogP) is 2.20. The first-order valence-electron chi connectivity index (χ1n) is 6.42. The molecule has 0 amide bonds. The van der Waals surface area contributed by atoms with Crippen LogP contribution in [0.2, 0.25) is 0 Å². The molecular weight excluding hydrogens is 228 g/mol. The zero-order valence-corrected chi connectivity index (χ0v) is 10.9. The number of benzene rings is 1. The van der Waals surface area contributed by atoms with Gasteiger partial charge >= 0.3 is 5.97 Å². The molecule has 0 fully saturated rings. The zero-order chi connectivity index (χ0) is 14.0. The van der Waals surface area contributed by atoms with Crippen LogP contribution in [0.4, 0.5) is 0 Å². The fourth-order valence-electron chi connectivity index (χ4n) is 1.86. The summed E-state index contributed by atoms with van der Waals surface area (Å²) in [4.78, 5) is 16.2. The zero-order valence-electron chi connectivity index (χ0n) is 11.9. The normalized spacial score (nSPS) is 13.7. The number of hydrogen-bond donors (Lipinski definition) is 1. The fraction of sp³-hybridized carbons (Fsp3) is 0.357. The Morgan fingerprint density at radius 2 is 2.28 bits per heavy atom. The first-order chi connectivity index (χ1) is 8.99. The smallest absolute Gasteiger partial charge is 0.308 e. The number of H-pyrrole nitrogens is 1. The molecular formula is C14H18N2O2. The molecule has 18 heavy (non-hydrogen) atoms. The van der Waals surface area contributed by atoms with E-state index in [0.717, 1.165) is 16.5 Å². The first-order valence-corrected chi connectivity index (χ1v) is 5.84. The van der Waals surface area contributed by atoms with Gasteiger partial charge in [0, 0.05) is 31.9 Å². The van der Waals surface area contributed by atoms with Crippen molar-refractivity contribution in [1.29, 1.82) is 0 Å². The van der Waals surface area contributed by atoms with E-state index in [1.807, 2.05) is 37.3 Å². The van der Waals surface area contributed by atoms with Crippen molar-refractivity contribution < 1.29 is 10.9 Å². The third-order valence-corrected chi connectivity index (χ3v) is 2.63. The van der Waals surface area contributed by atoms with Gasteiger partial charge in [0.2, 0.25) is 0 Å². The van der Waals surface area contributed by atoms with Gasteiger partial charge in [0.15, 0.2) is 0 Å². The molecule has 2 rings (SSSR count). The minimum Gasteiger partial charge on any atom is -0.426 e. The molecule has 0 aliphatic heterocycles. The van der Waals surface area contributed by atoms with Crippen LogP contribution in [0.3, 0.4) is 0 Å². The van der Waals surface area contributed by atoms with Crippen LogP contribution >= 0.6 is 0 Å². The van der Waals surface area contributed by atoms with Gasteiger partial charge in [0.05, 0.1) is 0 Å². The summed E-state index contributed by atoms with van der Waals surface area (Å²) in [5.41, 5.74) is 1.73. The van der Waals surface area contributed by atoms with E-state index in [4.69, 9.17) is 6.11 Å². The van der Waals surface area contributed by atoms with Crippen LogP contribution in [0.15, 0.2) is 24.4 Å². The highest BCUT2D eigenvalue weighted by atomic mass is 16.5. The molecule has 1 aromatic carbocycles. The lowest BCUT2D eigenvalue weighted by Gasteiger charge is -2.09. The van der Waals surface area contributed by atoms with Gasteiger partial charge in [-0.2, -0.15) is 0 Å². The highest BCUT2D eigenvalue weighted by Gasteiger charge is 2.11. The van der Waals surface area contributed by atoms with Crippen LogP contribution < -0.4 is 4.74 Å². The van der Waals surface area contributed by atoms with Gasteiger partial charge in [-0.05, 0) is 38.2 Å². The number of aromatic amines is 1. The molecule has 0 bridgehead atoms. The van der Waals surface area contributed by atoms with Crippen LogP contribution in [0.5, 0.6) is 5.75 Å². The summed E-state index contributed by atoms with van der Waals surface area (Å²) < 4.78 is 13.4. The largest absolute Gasteiger partial charge is 0.426 e.